The van der Waals surface area contributed by atoms with Crippen LogP contribution in [0.2, 0.25) is 0 Å². The minimum atomic E-state index is 0.0227. The predicted molar refractivity (Wildman–Crippen MR) is 50.8 cm³/mol. The van der Waals surface area contributed by atoms with Gasteiger partial charge in [0.15, 0.2) is 0 Å². The van der Waals surface area contributed by atoms with Crippen molar-refractivity contribution < 1.29 is 0 Å². The smallest absolute Gasteiger partial charge is 0.0991 e. The second-order valence-corrected chi connectivity index (χ2v) is 4.37. The van der Waals surface area contributed by atoms with E-state index in [1.165, 1.54) is 0 Å². The van der Waals surface area contributed by atoms with Gasteiger partial charge in [-0.15, -0.1) is 0 Å². The van der Waals surface area contributed by atoms with Crippen molar-refractivity contribution in [3.8, 4) is 0 Å². The van der Waals surface area contributed by atoms with E-state index in [0.29, 0.717) is 5.92 Å². The van der Waals surface area contributed by atoms with E-state index in [1.54, 1.807) is 0 Å². The van der Waals surface area contributed by atoms with Crippen LogP contribution in [0.3, 0.4) is 0 Å². The van der Waals surface area contributed by atoms with Crippen molar-refractivity contribution in [2.45, 2.75) is 34.6 Å². The first-order valence-electron chi connectivity index (χ1n) is 4.14. The summed E-state index contributed by atoms with van der Waals surface area (Å²) in [5, 5.41) is 0. The lowest BCUT2D eigenvalue weighted by atomic mass is 9.95. The molecule has 0 aliphatic carbocycles. The van der Waals surface area contributed by atoms with Crippen LogP contribution >= 0.6 is 0 Å². The molecule has 0 amide bonds. The van der Waals surface area contributed by atoms with Crippen LogP contribution in [0.15, 0.2) is 4.99 Å². The maximum atomic E-state index is 5.75. The Morgan fingerprint density at radius 1 is 1.36 bits per heavy atom. The number of hydrogen-bond donors (Lipinski definition) is 1. The highest BCUT2D eigenvalue weighted by Gasteiger charge is 2.14. The fraction of sp³-hybridized carbons (Fsp3) is 0.889. The number of aliphatic imine (C=N–C) groups is 1. The second-order valence-electron chi connectivity index (χ2n) is 4.37. The van der Waals surface area contributed by atoms with Crippen LogP contribution in [0.5, 0.6) is 0 Å². The van der Waals surface area contributed by atoms with Crippen LogP contribution in [0, 0.1) is 11.3 Å². The fourth-order valence-corrected chi connectivity index (χ4v) is 0.518. The lowest BCUT2D eigenvalue weighted by Crippen LogP contribution is -2.29. The Morgan fingerprint density at radius 2 is 1.82 bits per heavy atom. The summed E-state index contributed by atoms with van der Waals surface area (Å²) in [4.78, 5) is 4.29. The zero-order chi connectivity index (χ0) is 9.07. The van der Waals surface area contributed by atoms with E-state index in [1.807, 2.05) is 0 Å². The Bertz CT molecular complexity index is 140. The van der Waals surface area contributed by atoms with E-state index >= 15 is 0 Å². The average Bonchev–Trinajstić information content (AvgIpc) is 1.80. The molecule has 0 atom stereocenters. The number of rotatable bonds is 2. The molecule has 0 fully saturated rings. The molecular weight excluding hydrogens is 136 g/mol. The molecular formula is C9H20N2. The van der Waals surface area contributed by atoms with E-state index in [4.69, 9.17) is 5.73 Å². The van der Waals surface area contributed by atoms with Crippen LogP contribution in [0.25, 0.3) is 0 Å². The van der Waals surface area contributed by atoms with Crippen molar-refractivity contribution >= 4 is 5.84 Å². The fourth-order valence-electron chi connectivity index (χ4n) is 0.518. The second kappa shape index (κ2) is 3.74. The maximum Gasteiger partial charge on any atom is 0.0991 e. The minimum Gasteiger partial charge on any atom is -0.387 e. The first-order valence-corrected chi connectivity index (χ1v) is 4.14. The van der Waals surface area contributed by atoms with Gasteiger partial charge in [0, 0.05) is 12.0 Å². The summed E-state index contributed by atoms with van der Waals surface area (Å²) < 4.78 is 0. The third-order valence-electron chi connectivity index (χ3n) is 1.40. The molecule has 0 spiro atoms. The van der Waals surface area contributed by atoms with Gasteiger partial charge in [-0.1, -0.05) is 34.6 Å². The molecule has 0 aliphatic rings. The molecule has 2 heteroatoms. The first-order chi connectivity index (χ1) is 4.84. The first kappa shape index (κ1) is 10.5. The Kier molecular flexibility index (Phi) is 3.56. The van der Waals surface area contributed by atoms with Gasteiger partial charge in [-0.3, -0.25) is 4.99 Å². The van der Waals surface area contributed by atoms with Gasteiger partial charge in [0.1, 0.15) is 0 Å². The summed E-state index contributed by atoms with van der Waals surface area (Å²) in [5.41, 5.74) is 5.77. The van der Waals surface area contributed by atoms with E-state index in [2.05, 4.69) is 39.6 Å². The van der Waals surface area contributed by atoms with Crippen LogP contribution < -0.4 is 5.73 Å². The summed E-state index contributed by atoms with van der Waals surface area (Å²) in [6, 6.07) is 0. The number of nitrogens with two attached hydrogens (primary N) is 1. The Labute approximate surface area is 69.9 Å². The van der Waals surface area contributed by atoms with Crippen molar-refractivity contribution in [1.82, 2.24) is 0 Å². The standard InChI is InChI=1S/C9H20N2/c1-7(2)6-11-8(10)9(3,4)5/h7H,6H2,1-5H3,(H2,10,11). The number of nitrogens with zero attached hydrogens (tertiary/aromatic N) is 1. The summed E-state index contributed by atoms with van der Waals surface area (Å²) in [6.45, 7) is 11.3. The topological polar surface area (TPSA) is 38.4 Å². The Balaban J connectivity index is 4.02. The van der Waals surface area contributed by atoms with Crippen LogP contribution in [-0.4, -0.2) is 12.4 Å². The summed E-state index contributed by atoms with van der Waals surface area (Å²) in [5.74, 6) is 1.35. The van der Waals surface area contributed by atoms with Crippen molar-refractivity contribution in [3.63, 3.8) is 0 Å². The lowest BCUT2D eigenvalue weighted by molar-refractivity contribution is 0.573. The van der Waals surface area contributed by atoms with E-state index in [-0.39, 0.29) is 5.41 Å². The molecule has 0 heterocycles. The molecule has 0 unspecified atom stereocenters. The zero-order valence-corrected chi connectivity index (χ0v) is 8.31. The molecule has 0 aromatic rings. The summed E-state index contributed by atoms with van der Waals surface area (Å²) >= 11 is 0. The highest BCUT2D eigenvalue weighted by Crippen LogP contribution is 2.12. The van der Waals surface area contributed by atoms with Crippen molar-refractivity contribution in [3.05, 3.63) is 0 Å². The van der Waals surface area contributed by atoms with Gasteiger partial charge in [-0.05, 0) is 5.92 Å². The Morgan fingerprint density at radius 3 is 2.09 bits per heavy atom. The number of hydrogen-bond acceptors (Lipinski definition) is 1. The molecule has 2 N–H and O–H groups in total. The van der Waals surface area contributed by atoms with Crippen molar-refractivity contribution in [2.24, 2.45) is 22.1 Å². The predicted octanol–water partition coefficient (Wildman–Crippen LogP) is 2.05. The van der Waals surface area contributed by atoms with Crippen molar-refractivity contribution in [1.29, 1.82) is 0 Å². The molecule has 0 saturated carbocycles. The van der Waals surface area contributed by atoms with Gasteiger partial charge in [0.05, 0.1) is 5.84 Å². The van der Waals surface area contributed by atoms with Crippen LogP contribution in [0.4, 0.5) is 0 Å². The summed E-state index contributed by atoms with van der Waals surface area (Å²) in [6.07, 6.45) is 0. The quantitative estimate of drug-likeness (QED) is 0.482. The normalized spacial score (nSPS) is 14.2. The van der Waals surface area contributed by atoms with Gasteiger partial charge in [-0.2, -0.15) is 0 Å². The van der Waals surface area contributed by atoms with Gasteiger partial charge in [0.2, 0.25) is 0 Å². The molecule has 66 valence electrons. The monoisotopic (exact) mass is 156 g/mol. The van der Waals surface area contributed by atoms with E-state index < -0.39 is 0 Å². The molecule has 0 bridgehead atoms. The lowest BCUT2D eigenvalue weighted by Gasteiger charge is -2.17. The molecule has 0 saturated heterocycles. The molecule has 0 aromatic carbocycles. The number of amidine groups is 1. The SMILES string of the molecule is CC(C)CN=C(N)C(C)(C)C. The highest BCUT2D eigenvalue weighted by molar-refractivity contribution is 5.85. The molecule has 0 radical (unpaired) electrons. The van der Waals surface area contributed by atoms with Crippen LogP contribution in [-0.2, 0) is 0 Å². The zero-order valence-electron chi connectivity index (χ0n) is 8.31. The molecule has 0 aliphatic heterocycles. The minimum absolute atomic E-state index is 0.0227. The molecule has 11 heavy (non-hydrogen) atoms. The van der Waals surface area contributed by atoms with E-state index in [9.17, 15) is 0 Å². The molecule has 2 nitrogen and oxygen atoms in total. The third-order valence-corrected chi connectivity index (χ3v) is 1.40. The van der Waals surface area contributed by atoms with Gasteiger partial charge >= 0.3 is 0 Å². The Hall–Kier alpha value is -0.530. The molecule has 0 aromatic heterocycles. The van der Waals surface area contributed by atoms with Gasteiger partial charge in [0.25, 0.3) is 0 Å². The average molecular weight is 156 g/mol. The summed E-state index contributed by atoms with van der Waals surface area (Å²) in [7, 11) is 0. The maximum absolute atomic E-state index is 5.75. The van der Waals surface area contributed by atoms with Crippen LogP contribution in [0.1, 0.15) is 34.6 Å². The third kappa shape index (κ3) is 4.82. The largest absolute Gasteiger partial charge is 0.387 e. The van der Waals surface area contributed by atoms with Gasteiger partial charge in [-0.25, -0.2) is 0 Å². The highest BCUT2D eigenvalue weighted by atomic mass is 14.9. The van der Waals surface area contributed by atoms with Crippen molar-refractivity contribution in [2.75, 3.05) is 6.54 Å². The van der Waals surface area contributed by atoms with Gasteiger partial charge < -0.3 is 5.73 Å². The molecule has 0 rings (SSSR count). The van der Waals surface area contributed by atoms with E-state index in [0.717, 1.165) is 12.4 Å².